The van der Waals surface area contributed by atoms with Gasteiger partial charge in [-0.1, -0.05) is 30.7 Å². The number of ketones is 1. The van der Waals surface area contributed by atoms with Crippen molar-refractivity contribution in [1.29, 1.82) is 0 Å². The third-order valence-corrected chi connectivity index (χ3v) is 3.59. The fourth-order valence-corrected chi connectivity index (χ4v) is 2.57. The minimum Gasteiger partial charge on any atom is -0.299 e. The van der Waals surface area contributed by atoms with Crippen LogP contribution in [0, 0.1) is 19.8 Å². The van der Waals surface area contributed by atoms with Crippen molar-refractivity contribution in [2.75, 3.05) is 0 Å². The summed E-state index contributed by atoms with van der Waals surface area (Å²) in [5.74, 6) is 1.22. The maximum atomic E-state index is 11.4. The zero-order chi connectivity index (χ0) is 11.0. The summed E-state index contributed by atoms with van der Waals surface area (Å²) in [5.41, 5.74) is 4.02. The highest BCUT2D eigenvalue weighted by atomic mass is 16.1. The maximum Gasteiger partial charge on any atom is 0.137 e. The van der Waals surface area contributed by atoms with Gasteiger partial charge in [-0.15, -0.1) is 0 Å². The van der Waals surface area contributed by atoms with Crippen molar-refractivity contribution >= 4 is 5.78 Å². The van der Waals surface area contributed by atoms with Gasteiger partial charge < -0.3 is 0 Å². The van der Waals surface area contributed by atoms with Crippen molar-refractivity contribution in [2.45, 2.75) is 39.5 Å². The summed E-state index contributed by atoms with van der Waals surface area (Å²) < 4.78 is 0. The van der Waals surface area contributed by atoms with Gasteiger partial charge in [0.05, 0.1) is 0 Å². The third kappa shape index (κ3) is 1.71. The van der Waals surface area contributed by atoms with Gasteiger partial charge in [0.2, 0.25) is 0 Å². The predicted octanol–water partition coefficient (Wildman–Crippen LogP) is 3.39. The number of carbonyl (C=O) groups is 1. The second-order valence-corrected chi connectivity index (χ2v) is 4.65. The molecule has 0 spiro atoms. The highest BCUT2D eigenvalue weighted by Gasteiger charge is 2.39. The molecule has 0 radical (unpaired) electrons. The lowest BCUT2D eigenvalue weighted by Crippen LogP contribution is -2.35. The fraction of sp³-hybridized carbons (Fsp3) is 0.500. The van der Waals surface area contributed by atoms with Crippen LogP contribution in [0.5, 0.6) is 0 Å². The molecule has 15 heavy (non-hydrogen) atoms. The van der Waals surface area contributed by atoms with E-state index in [1.165, 1.54) is 16.7 Å². The summed E-state index contributed by atoms with van der Waals surface area (Å²) in [6.07, 6.45) is 1.74. The Morgan fingerprint density at radius 3 is 2.67 bits per heavy atom. The lowest BCUT2D eigenvalue weighted by Gasteiger charge is -2.35. The maximum absolute atomic E-state index is 11.4. The summed E-state index contributed by atoms with van der Waals surface area (Å²) in [6.45, 7) is 6.37. The van der Waals surface area contributed by atoms with Crippen LogP contribution in [0.3, 0.4) is 0 Å². The van der Waals surface area contributed by atoms with Crippen LogP contribution in [-0.4, -0.2) is 5.78 Å². The van der Waals surface area contributed by atoms with E-state index in [0.29, 0.717) is 11.7 Å². The van der Waals surface area contributed by atoms with Gasteiger partial charge in [-0.2, -0.15) is 0 Å². The largest absolute Gasteiger partial charge is 0.299 e. The van der Waals surface area contributed by atoms with Crippen LogP contribution >= 0.6 is 0 Å². The van der Waals surface area contributed by atoms with E-state index in [-0.39, 0.29) is 5.92 Å². The monoisotopic (exact) mass is 202 g/mol. The molecular weight excluding hydrogens is 184 g/mol. The zero-order valence-corrected chi connectivity index (χ0v) is 9.71. The van der Waals surface area contributed by atoms with Crippen LogP contribution < -0.4 is 0 Å². The Balaban J connectivity index is 2.30. The average Bonchev–Trinajstić information content (AvgIpc) is 2.19. The number of carbonyl (C=O) groups excluding carboxylic acids is 1. The van der Waals surface area contributed by atoms with Crippen LogP contribution in [0.4, 0.5) is 0 Å². The molecule has 0 bridgehead atoms. The first kappa shape index (κ1) is 10.4. The predicted molar refractivity (Wildman–Crippen MR) is 62.1 cm³/mol. The second kappa shape index (κ2) is 3.80. The van der Waals surface area contributed by atoms with Gasteiger partial charge in [0.15, 0.2) is 0 Å². The number of rotatable bonds is 2. The van der Waals surface area contributed by atoms with Crippen molar-refractivity contribution in [2.24, 2.45) is 5.92 Å². The van der Waals surface area contributed by atoms with Gasteiger partial charge in [0.25, 0.3) is 0 Å². The van der Waals surface area contributed by atoms with Crippen molar-refractivity contribution in [3.63, 3.8) is 0 Å². The summed E-state index contributed by atoms with van der Waals surface area (Å²) in [4.78, 5) is 11.4. The SMILES string of the molecule is CCC1C(=O)CC1c1cc(C)ccc1C. The van der Waals surface area contributed by atoms with Crippen LogP contribution in [-0.2, 0) is 4.79 Å². The Labute approximate surface area is 91.5 Å². The normalized spacial score (nSPS) is 25.1. The molecule has 0 N–H and O–H groups in total. The van der Waals surface area contributed by atoms with Crippen LogP contribution in [0.25, 0.3) is 0 Å². The minimum absolute atomic E-state index is 0.283. The molecule has 0 amide bonds. The number of aryl methyl sites for hydroxylation is 2. The lowest BCUT2D eigenvalue weighted by atomic mass is 9.67. The first-order valence-electron chi connectivity index (χ1n) is 5.73. The molecular formula is C14H18O. The van der Waals surface area contributed by atoms with Crippen molar-refractivity contribution in [1.82, 2.24) is 0 Å². The van der Waals surface area contributed by atoms with Crippen molar-refractivity contribution in [3.8, 4) is 0 Å². The molecule has 0 aliphatic heterocycles. The number of hydrogen-bond donors (Lipinski definition) is 0. The van der Waals surface area contributed by atoms with Crippen LogP contribution in [0.2, 0.25) is 0 Å². The van der Waals surface area contributed by atoms with E-state index >= 15 is 0 Å². The average molecular weight is 202 g/mol. The summed E-state index contributed by atoms with van der Waals surface area (Å²) >= 11 is 0. The van der Waals surface area contributed by atoms with E-state index in [0.717, 1.165) is 12.8 Å². The molecule has 1 saturated carbocycles. The van der Waals surface area contributed by atoms with E-state index in [9.17, 15) is 4.79 Å². The highest BCUT2D eigenvalue weighted by molar-refractivity contribution is 5.89. The molecule has 1 fully saturated rings. The van der Waals surface area contributed by atoms with E-state index in [1.54, 1.807) is 0 Å². The Morgan fingerprint density at radius 2 is 2.07 bits per heavy atom. The zero-order valence-electron chi connectivity index (χ0n) is 9.71. The van der Waals surface area contributed by atoms with E-state index in [4.69, 9.17) is 0 Å². The minimum atomic E-state index is 0.283. The first-order valence-corrected chi connectivity index (χ1v) is 5.73. The van der Waals surface area contributed by atoms with Gasteiger partial charge in [0.1, 0.15) is 5.78 Å². The van der Waals surface area contributed by atoms with E-state index < -0.39 is 0 Å². The molecule has 2 unspecified atom stereocenters. The molecule has 0 saturated heterocycles. The van der Waals surface area contributed by atoms with Crippen LogP contribution in [0.15, 0.2) is 18.2 Å². The molecule has 1 nitrogen and oxygen atoms in total. The quantitative estimate of drug-likeness (QED) is 0.718. The Bertz CT molecular complexity index is 392. The molecule has 1 aliphatic rings. The molecule has 1 aromatic carbocycles. The highest BCUT2D eigenvalue weighted by Crippen LogP contribution is 2.42. The van der Waals surface area contributed by atoms with Gasteiger partial charge >= 0.3 is 0 Å². The molecule has 0 heterocycles. The third-order valence-electron chi connectivity index (χ3n) is 3.59. The van der Waals surface area contributed by atoms with E-state index in [1.807, 2.05) is 0 Å². The smallest absolute Gasteiger partial charge is 0.137 e. The Hall–Kier alpha value is -1.11. The molecule has 1 aromatic rings. The fourth-order valence-electron chi connectivity index (χ4n) is 2.57. The molecule has 0 aromatic heterocycles. The number of Topliss-reactive ketones (excluding diaryl/α,β-unsaturated/α-hetero) is 1. The van der Waals surface area contributed by atoms with Gasteiger partial charge in [-0.05, 0) is 31.4 Å². The van der Waals surface area contributed by atoms with Crippen molar-refractivity contribution in [3.05, 3.63) is 34.9 Å². The molecule has 2 rings (SSSR count). The molecule has 1 heteroatoms. The standard InChI is InChI=1S/C14H18O/c1-4-11-13(8-14(11)15)12-7-9(2)5-6-10(12)3/h5-7,11,13H,4,8H2,1-3H3. The molecule has 80 valence electrons. The summed E-state index contributed by atoms with van der Waals surface area (Å²) in [7, 11) is 0. The summed E-state index contributed by atoms with van der Waals surface area (Å²) in [5, 5.41) is 0. The van der Waals surface area contributed by atoms with Crippen molar-refractivity contribution < 1.29 is 4.79 Å². The first-order chi connectivity index (χ1) is 7.13. The Morgan fingerprint density at radius 1 is 1.33 bits per heavy atom. The summed E-state index contributed by atoms with van der Waals surface area (Å²) in [6, 6.07) is 6.55. The second-order valence-electron chi connectivity index (χ2n) is 4.65. The Kier molecular flexibility index (Phi) is 2.64. The van der Waals surface area contributed by atoms with Crippen LogP contribution in [0.1, 0.15) is 42.4 Å². The molecule has 1 aliphatic carbocycles. The number of hydrogen-bond acceptors (Lipinski definition) is 1. The van der Waals surface area contributed by atoms with E-state index in [2.05, 4.69) is 39.0 Å². The number of benzene rings is 1. The lowest BCUT2D eigenvalue weighted by molar-refractivity contribution is -0.131. The topological polar surface area (TPSA) is 17.1 Å². The molecule has 2 atom stereocenters. The van der Waals surface area contributed by atoms with Gasteiger partial charge in [-0.25, -0.2) is 0 Å². The van der Waals surface area contributed by atoms with Gasteiger partial charge in [0, 0.05) is 18.3 Å². The van der Waals surface area contributed by atoms with Gasteiger partial charge in [-0.3, -0.25) is 4.79 Å².